The van der Waals surface area contributed by atoms with E-state index in [1.165, 1.54) is 24.2 Å². The van der Waals surface area contributed by atoms with Crippen molar-refractivity contribution in [2.45, 2.75) is 12.8 Å². The van der Waals surface area contributed by atoms with Gasteiger partial charge in [0.1, 0.15) is 0 Å². The fraction of sp³-hybridized carbons (Fsp3) is 0.545. The van der Waals surface area contributed by atoms with Crippen LogP contribution in [0.25, 0.3) is 0 Å². The van der Waals surface area contributed by atoms with E-state index in [4.69, 9.17) is 0 Å². The second-order valence-electron chi connectivity index (χ2n) is 3.90. The molecule has 16 heavy (non-hydrogen) atoms. The molecule has 1 aliphatic rings. The molecule has 1 saturated heterocycles. The summed E-state index contributed by atoms with van der Waals surface area (Å²) in [7, 11) is 0. The Labute approximate surface area is 106 Å². The number of nitrogens with one attached hydrogen (secondary N) is 2. The van der Waals surface area contributed by atoms with Crippen LogP contribution in [0.2, 0.25) is 0 Å². The molecule has 90 valence electrons. The molecule has 1 aliphatic heterocycles. The second kappa shape index (κ2) is 6.89. The molecule has 1 amide bonds. The van der Waals surface area contributed by atoms with Crippen molar-refractivity contribution in [3.63, 3.8) is 0 Å². The molecule has 2 rings (SSSR count). The Morgan fingerprint density at radius 1 is 1.62 bits per heavy atom. The number of halogens is 1. The largest absolute Gasteiger partial charge is 0.351 e. The number of amides is 1. The van der Waals surface area contributed by atoms with Gasteiger partial charge in [-0.05, 0) is 43.3 Å². The van der Waals surface area contributed by atoms with Crippen LogP contribution in [0.15, 0.2) is 17.5 Å². The monoisotopic (exact) mass is 260 g/mol. The average Bonchev–Trinajstić information content (AvgIpc) is 2.81. The van der Waals surface area contributed by atoms with Crippen molar-refractivity contribution in [2.75, 3.05) is 19.6 Å². The van der Waals surface area contributed by atoms with Gasteiger partial charge in [-0.1, -0.05) is 6.07 Å². The van der Waals surface area contributed by atoms with Gasteiger partial charge in [-0.25, -0.2) is 0 Å². The molecule has 5 heteroatoms. The van der Waals surface area contributed by atoms with Gasteiger partial charge in [0.05, 0.1) is 4.88 Å². The van der Waals surface area contributed by atoms with Gasteiger partial charge in [0.15, 0.2) is 0 Å². The van der Waals surface area contributed by atoms with Crippen LogP contribution in [0.3, 0.4) is 0 Å². The van der Waals surface area contributed by atoms with Crippen LogP contribution in [0.4, 0.5) is 0 Å². The van der Waals surface area contributed by atoms with Gasteiger partial charge in [0.2, 0.25) is 0 Å². The van der Waals surface area contributed by atoms with E-state index in [0.29, 0.717) is 5.92 Å². The Morgan fingerprint density at radius 3 is 3.12 bits per heavy atom. The van der Waals surface area contributed by atoms with E-state index < -0.39 is 0 Å². The molecular formula is C11H17ClN2OS. The number of thiophene rings is 1. The molecular weight excluding hydrogens is 244 g/mol. The highest BCUT2D eigenvalue weighted by Gasteiger charge is 2.14. The number of piperidine rings is 1. The van der Waals surface area contributed by atoms with Crippen molar-refractivity contribution in [1.82, 2.24) is 10.6 Å². The van der Waals surface area contributed by atoms with Crippen LogP contribution in [-0.2, 0) is 0 Å². The van der Waals surface area contributed by atoms with E-state index >= 15 is 0 Å². The van der Waals surface area contributed by atoms with Gasteiger partial charge >= 0.3 is 0 Å². The number of hydrogen-bond acceptors (Lipinski definition) is 3. The summed E-state index contributed by atoms with van der Waals surface area (Å²) in [4.78, 5) is 12.4. The van der Waals surface area contributed by atoms with Crippen molar-refractivity contribution < 1.29 is 4.79 Å². The molecule has 0 aromatic carbocycles. The average molecular weight is 261 g/mol. The normalized spacial score (nSPS) is 19.9. The number of hydrogen-bond donors (Lipinski definition) is 2. The van der Waals surface area contributed by atoms with E-state index in [-0.39, 0.29) is 18.3 Å². The number of carbonyl (C=O) groups excluding carboxylic acids is 1. The predicted molar refractivity (Wildman–Crippen MR) is 69.5 cm³/mol. The third-order valence-electron chi connectivity index (χ3n) is 2.70. The maximum Gasteiger partial charge on any atom is 0.261 e. The minimum atomic E-state index is 0. The third kappa shape index (κ3) is 3.77. The Bertz CT molecular complexity index is 310. The molecule has 0 saturated carbocycles. The molecule has 1 atom stereocenters. The van der Waals surface area contributed by atoms with Gasteiger partial charge in [0.25, 0.3) is 5.91 Å². The van der Waals surface area contributed by atoms with E-state index in [1.54, 1.807) is 0 Å². The van der Waals surface area contributed by atoms with E-state index in [1.807, 2.05) is 17.5 Å². The zero-order valence-corrected chi connectivity index (χ0v) is 10.7. The molecule has 0 bridgehead atoms. The SMILES string of the molecule is Cl.O=C(NCC1CCCNC1)c1cccs1. The van der Waals surface area contributed by atoms with Crippen molar-refractivity contribution in [2.24, 2.45) is 5.92 Å². The Morgan fingerprint density at radius 2 is 2.50 bits per heavy atom. The zero-order valence-electron chi connectivity index (χ0n) is 9.07. The minimum absolute atomic E-state index is 0. The van der Waals surface area contributed by atoms with Gasteiger partial charge in [-0.3, -0.25) is 4.79 Å². The zero-order chi connectivity index (χ0) is 10.5. The Balaban J connectivity index is 0.00000128. The summed E-state index contributed by atoms with van der Waals surface area (Å²) in [6.07, 6.45) is 2.44. The quantitative estimate of drug-likeness (QED) is 0.872. The fourth-order valence-electron chi connectivity index (χ4n) is 1.83. The van der Waals surface area contributed by atoms with Gasteiger partial charge in [-0.15, -0.1) is 23.7 Å². The van der Waals surface area contributed by atoms with Gasteiger partial charge in [0, 0.05) is 6.54 Å². The lowest BCUT2D eigenvalue weighted by Gasteiger charge is -2.22. The molecule has 1 aromatic heterocycles. The first-order valence-electron chi connectivity index (χ1n) is 5.38. The highest BCUT2D eigenvalue weighted by molar-refractivity contribution is 7.12. The molecule has 3 nitrogen and oxygen atoms in total. The minimum Gasteiger partial charge on any atom is -0.351 e. The summed E-state index contributed by atoms with van der Waals surface area (Å²) in [6.45, 7) is 2.95. The maximum absolute atomic E-state index is 11.6. The Kier molecular flexibility index (Phi) is 5.80. The molecule has 2 N–H and O–H groups in total. The standard InChI is InChI=1S/C11H16N2OS.ClH/c14-11(10-4-2-6-15-10)13-8-9-3-1-5-12-7-9;/h2,4,6,9,12H,1,3,5,7-8H2,(H,13,14);1H. The summed E-state index contributed by atoms with van der Waals surface area (Å²) in [6, 6.07) is 3.76. The lowest BCUT2D eigenvalue weighted by Crippen LogP contribution is -2.37. The van der Waals surface area contributed by atoms with Crippen LogP contribution < -0.4 is 10.6 Å². The van der Waals surface area contributed by atoms with Crippen LogP contribution in [-0.4, -0.2) is 25.5 Å². The van der Waals surface area contributed by atoms with E-state index in [9.17, 15) is 4.79 Å². The molecule has 0 aliphatic carbocycles. The van der Waals surface area contributed by atoms with Crippen molar-refractivity contribution in [3.8, 4) is 0 Å². The number of rotatable bonds is 3. The lowest BCUT2D eigenvalue weighted by atomic mass is 10.00. The third-order valence-corrected chi connectivity index (χ3v) is 3.56. The van der Waals surface area contributed by atoms with Crippen LogP contribution in [0, 0.1) is 5.92 Å². The smallest absolute Gasteiger partial charge is 0.261 e. The van der Waals surface area contributed by atoms with Crippen molar-refractivity contribution in [1.29, 1.82) is 0 Å². The predicted octanol–water partition coefficient (Wildman–Crippen LogP) is 1.90. The summed E-state index contributed by atoms with van der Waals surface area (Å²) < 4.78 is 0. The molecule has 1 aromatic rings. The number of carbonyl (C=O) groups is 1. The van der Waals surface area contributed by atoms with Crippen molar-refractivity contribution in [3.05, 3.63) is 22.4 Å². The summed E-state index contributed by atoms with van der Waals surface area (Å²) >= 11 is 1.49. The fourth-order valence-corrected chi connectivity index (χ4v) is 2.47. The summed E-state index contributed by atoms with van der Waals surface area (Å²) in [5.41, 5.74) is 0. The molecule has 1 fully saturated rings. The summed E-state index contributed by atoms with van der Waals surface area (Å²) in [5, 5.41) is 8.26. The summed E-state index contributed by atoms with van der Waals surface area (Å²) in [5.74, 6) is 0.665. The van der Waals surface area contributed by atoms with Gasteiger partial charge < -0.3 is 10.6 Å². The first-order valence-corrected chi connectivity index (χ1v) is 6.26. The van der Waals surface area contributed by atoms with Crippen LogP contribution in [0.1, 0.15) is 22.5 Å². The highest BCUT2D eigenvalue weighted by atomic mass is 35.5. The van der Waals surface area contributed by atoms with Crippen LogP contribution in [0.5, 0.6) is 0 Å². The van der Waals surface area contributed by atoms with E-state index in [2.05, 4.69) is 10.6 Å². The first kappa shape index (κ1) is 13.5. The second-order valence-corrected chi connectivity index (χ2v) is 4.85. The highest BCUT2D eigenvalue weighted by Crippen LogP contribution is 2.10. The van der Waals surface area contributed by atoms with Gasteiger partial charge in [-0.2, -0.15) is 0 Å². The van der Waals surface area contributed by atoms with E-state index in [0.717, 1.165) is 24.5 Å². The molecule has 0 spiro atoms. The first-order chi connectivity index (χ1) is 7.36. The van der Waals surface area contributed by atoms with Crippen molar-refractivity contribution >= 4 is 29.7 Å². The van der Waals surface area contributed by atoms with Crippen LogP contribution >= 0.6 is 23.7 Å². The molecule has 0 radical (unpaired) electrons. The topological polar surface area (TPSA) is 41.1 Å². The molecule has 2 heterocycles. The maximum atomic E-state index is 11.6. The Hall–Kier alpha value is -0.580. The lowest BCUT2D eigenvalue weighted by molar-refractivity contribution is 0.0949. The molecule has 1 unspecified atom stereocenters.